The standard InChI is InChI=1S/C27H17N3O2/c31-26-24-25(27(32)29(26)16-17-7-2-1-3-8-17)30-21-12-5-4-9-19(21)15-22(30)20-11-6-10-18-13-14-28(24)23(18)20/h1-15H,16H2. The van der Waals surface area contributed by atoms with Crippen LogP contribution in [0.15, 0.2) is 101 Å². The van der Waals surface area contributed by atoms with E-state index in [1.165, 1.54) is 4.57 Å². The first-order valence-electron chi connectivity index (χ1n) is 10.6. The summed E-state index contributed by atoms with van der Waals surface area (Å²) in [6.45, 7) is 0.242. The summed E-state index contributed by atoms with van der Waals surface area (Å²) in [6.07, 6.45) is 1.90. The molecule has 4 heterocycles. The van der Waals surface area contributed by atoms with E-state index in [4.69, 9.17) is 0 Å². The highest BCUT2D eigenvalue weighted by Crippen LogP contribution is 2.31. The third-order valence-electron chi connectivity index (χ3n) is 6.47. The largest absolute Gasteiger partial charge is 0.309 e. The fourth-order valence-corrected chi connectivity index (χ4v) is 5.06. The van der Waals surface area contributed by atoms with Gasteiger partial charge in [-0.2, -0.15) is 0 Å². The molecule has 152 valence electrons. The summed E-state index contributed by atoms with van der Waals surface area (Å²) in [4.78, 5) is 27.6. The van der Waals surface area contributed by atoms with E-state index in [1.807, 2.05) is 87.8 Å². The maximum atomic E-state index is 13.8. The number of nitrogens with zero attached hydrogens (tertiary/aromatic N) is 3. The van der Waals surface area contributed by atoms with E-state index in [1.54, 1.807) is 0 Å². The van der Waals surface area contributed by atoms with Gasteiger partial charge in [-0.3, -0.25) is 14.2 Å². The van der Waals surface area contributed by atoms with Gasteiger partial charge >= 0.3 is 0 Å². The van der Waals surface area contributed by atoms with Gasteiger partial charge in [0.2, 0.25) is 0 Å². The predicted octanol–water partition coefficient (Wildman–Crippen LogP) is 4.66. The van der Waals surface area contributed by atoms with Crippen molar-refractivity contribution in [2.75, 3.05) is 0 Å². The van der Waals surface area contributed by atoms with Gasteiger partial charge in [0.1, 0.15) is 11.0 Å². The molecule has 5 nitrogen and oxygen atoms in total. The first kappa shape index (κ1) is 17.3. The summed E-state index contributed by atoms with van der Waals surface area (Å²) in [5.74, 6) is 0. The van der Waals surface area contributed by atoms with Gasteiger partial charge in [-0.05, 0) is 23.8 Å². The quantitative estimate of drug-likeness (QED) is 0.412. The van der Waals surface area contributed by atoms with E-state index in [0.29, 0.717) is 11.0 Å². The molecule has 0 amide bonds. The molecule has 0 atom stereocenters. The van der Waals surface area contributed by atoms with Crippen LogP contribution in [0.25, 0.3) is 43.7 Å². The molecule has 0 aliphatic rings. The van der Waals surface area contributed by atoms with Crippen molar-refractivity contribution >= 4 is 43.7 Å². The molecule has 5 heteroatoms. The molecule has 0 N–H and O–H groups in total. The zero-order chi connectivity index (χ0) is 21.4. The second-order valence-electron chi connectivity index (χ2n) is 8.23. The van der Waals surface area contributed by atoms with Crippen molar-refractivity contribution in [3.05, 3.63) is 117 Å². The van der Waals surface area contributed by atoms with E-state index in [-0.39, 0.29) is 17.7 Å². The number of hydrogen-bond acceptors (Lipinski definition) is 2. The zero-order valence-corrected chi connectivity index (χ0v) is 17.0. The Labute approximate surface area is 181 Å². The molecule has 0 aliphatic carbocycles. The van der Waals surface area contributed by atoms with Crippen molar-refractivity contribution in [2.45, 2.75) is 6.54 Å². The fraction of sp³-hybridized carbons (Fsp3) is 0.0370. The minimum atomic E-state index is -0.272. The molecular formula is C27H17N3O2. The first-order chi connectivity index (χ1) is 15.7. The lowest BCUT2D eigenvalue weighted by Gasteiger charge is -2.01. The Morgan fingerprint density at radius 3 is 2.25 bits per heavy atom. The summed E-state index contributed by atoms with van der Waals surface area (Å²) in [6, 6.07) is 27.9. The van der Waals surface area contributed by atoms with Gasteiger partial charge in [0.05, 0.1) is 23.1 Å². The maximum Gasteiger partial charge on any atom is 0.280 e. The molecule has 0 spiro atoms. The summed E-state index contributed by atoms with van der Waals surface area (Å²) >= 11 is 0. The van der Waals surface area contributed by atoms with Gasteiger partial charge in [0.15, 0.2) is 0 Å². The average Bonchev–Trinajstić information content (AvgIpc) is 3.45. The van der Waals surface area contributed by atoms with Gasteiger partial charge in [-0.1, -0.05) is 66.7 Å². The lowest BCUT2D eigenvalue weighted by Crippen LogP contribution is -2.26. The number of fused-ring (bicyclic) bond motifs is 7. The van der Waals surface area contributed by atoms with Crippen molar-refractivity contribution in [3.8, 4) is 0 Å². The normalized spacial score (nSPS) is 12.1. The second kappa shape index (κ2) is 6.08. The average molecular weight is 415 g/mol. The molecule has 0 fully saturated rings. The van der Waals surface area contributed by atoms with Crippen molar-refractivity contribution in [3.63, 3.8) is 0 Å². The van der Waals surface area contributed by atoms with Gasteiger partial charge in [0, 0.05) is 22.4 Å². The van der Waals surface area contributed by atoms with Crippen molar-refractivity contribution in [1.82, 2.24) is 13.4 Å². The number of rotatable bonds is 2. The molecule has 0 bridgehead atoms. The van der Waals surface area contributed by atoms with Crippen LogP contribution >= 0.6 is 0 Å². The summed E-state index contributed by atoms with van der Waals surface area (Å²) < 4.78 is 5.23. The molecule has 3 aromatic carbocycles. The van der Waals surface area contributed by atoms with Crippen molar-refractivity contribution in [1.29, 1.82) is 0 Å². The molecule has 7 aromatic rings. The number of aromatic nitrogens is 3. The smallest absolute Gasteiger partial charge is 0.280 e. The number of para-hydroxylation sites is 2. The van der Waals surface area contributed by atoms with Crippen LogP contribution in [0.2, 0.25) is 0 Å². The zero-order valence-electron chi connectivity index (χ0n) is 17.0. The minimum absolute atomic E-state index is 0.242. The van der Waals surface area contributed by atoms with Gasteiger partial charge < -0.3 is 8.80 Å². The molecule has 0 saturated carbocycles. The molecule has 4 aromatic heterocycles. The SMILES string of the molecule is O=c1c2c(c(=O)n1Cc1ccccc1)n1c3ccccc3cc1c1cccc3ccn2c31. The lowest BCUT2D eigenvalue weighted by molar-refractivity contribution is 0.752. The molecule has 0 radical (unpaired) electrons. The fourth-order valence-electron chi connectivity index (χ4n) is 5.06. The van der Waals surface area contributed by atoms with E-state index >= 15 is 0 Å². The van der Waals surface area contributed by atoms with E-state index < -0.39 is 0 Å². The molecule has 0 saturated heterocycles. The van der Waals surface area contributed by atoms with E-state index in [9.17, 15) is 9.59 Å². The summed E-state index contributed by atoms with van der Waals surface area (Å²) in [5.41, 5.74) is 3.99. The second-order valence-corrected chi connectivity index (χ2v) is 8.23. The molecule has 32 heavy (non-hydrogen) atoms. The Kier molecular flexibility index (Phi) is 3.29. The van der Waals surface area contributed by atoms with Crippen LogP contribution < -0.4 is 11.1 Å². The molecular weight excluding hydrogens is 398 g/mol. The summed E-state index contributed by atoms with van der Waals surface area (Å²) in [5, 5.41) is 3.08. The Balaban J connectivity index is 1.79. The monoisotopic (exact) mass is 415 g/mol. The Bertz CT molecular complexity index is 1940. The predicted molar refractivity (Wildman–Crippen MR) is 128 cm³/mol. The molecule has 0 aliphatic heterocycles. The van der Waals surface area contributed by atoms with Crippen LogP contribution in [0, 0.1) is 0 Å². The van der Waals surface area contributed by atoms with Gasteiger partial charge in [-0.25, -0.2) is 0 Å². The van der Waals surface area contributed by atoms with Crippen LogP contribution in [0.4, 0.5) is 0 Å². The van der Waals surface area contributed by atoms with Crippen LogP contribution in [0.3, 0.4) is 0 Å². The molecule has 0 unspecified atom stereocenters. The van der Waals surface area contributed by atoms with Crippen molar-refractivity contribution in [2.24, 2.45) is 0 Å². The number of benzene rings is 3. The van der Waals surface area contributed by atoms with Crippen LogP contribution in [-0.2, 0) is 6.54 Å². The highest BCUT2D eigenvalue weighted by atomic mass is 16.2. The highest BCUT2D eigenvalue weighted by Gasteiger charge is 2.21. The van der Waals surface area contributed by atoms with Gasteiger partial charge in [0.25, 0.3) is 11.1 Å². The topological polar surface area (TPSA) is 47.9 Å². The summed E-state index contributed by atoms with van der Waals surface area (Å²) in [7, 11) is 0. The van der Waals surface area contributed by atoms with E-state index in [2.05, 4.69) is 12.1 Å². The van der Waals surface area contributed by atoms with Crippen LogP contribution in [-0.4, -0.2) is 13.4 Å². The highest BCUT2D eigenvalue weighted by molar-refractivity contribution is 6.10. The lowest BCUT2D eigenvalue weighted by atomic mass is 10.1. The Morgan fingerprint density at radius 1 is 0.625 bits per heavy atom. The Hall–Kier alpha value is -4.38. The Morgan fingerprint density at radius 2 is 1.38 bits per heavy atom. The third-order valence-corrected chi connectivity index (χ3v) is 6.47. The molecule has 7 rings (SSSR count). The first-order valence-corrected chi connectivity index (χ1v) is 10.6. The minimum Gasteiger partial charge on any atom is -0.309 e. The van der Waals surface area contributed by atoms with Crippen LogP contribution in [0.5, 0.6) is 0 Å². The van der Waals surface area contributed by atoms with E-state index in [0.717, 1.165) is 38.3 Å². The maximum absolute atomic E-state index is 13.8. The number of hydrogen-bond donors (Lipinski definition) is 0. The van der Waals surface area contributed by atoms with Gasteiger partial charge in [-0.15, -0.1) is 0 Å². The van der Waals surface area contributed by atoms with Crippen LogP contribution in [0.1, 0.15) is 5.56 Å². The third kappa shape index (κ3) is 2.12. The van der Waals surface area contributed by atoms with Crippen molar-refractivity contribution < 1.29 is 0 Å².